The molecule has 2 aromatic carbocycles. The number of amides is 3. The van der Waals surface area contributed by atoms with Gasteiger partial charge in [-0.3, -0.25) is 4.79 Å². The summed E-state index contributed by atoms with van der Waals surface area (Å²) in [7, 11) is 1.63. The van der Waals surface area contributed by atoms with Gasteiger partial charge in [-0.2, -0.15) is 0 Å². The van der Waals surface area contributed by atoms with E-state index in [1.165, 1.54) is 0 Å². The number of ether oxygens (including phenoxy) is 1. The molecule has 0 radical (unpaired) electrons. The molecule has 2 aliphatic heterocycles. The van der Waals surface area contributed by atoms with Crippen molar-refractivity contribution in [2.24, 2.45) is 0 Å². The van der Waals surface area contributed by atoms with Crippen LogP contribution in [0, 0.1) is 11.8 Å². The van der Waals surface area contributed by atoms with Crippen LogP contribution in [0.15, 0.2) is 48.5 Å². The Bertz CT molecular complexity index is 1070. The van der Waals surface area contributed by atoms with E-state index in [1.54, 1.807) is 16.9 Å². The summed E-state index contributed by atoms with van der Waals surface area (Å²) >= 11 is 0. The average Bonchev–Trinajstić information content (AvgIpc) is 2.79. The van der Waals surface area contributed by atoms with E-state index < -0.39 is 0 Å². The molecule has 2 heterocycles. The van der Waals surface area contributed by atoms with Crippen LogP contribution in [0.3, 0.4) is 0 Å². The molecule has 0 unspecified atom stereocenters. The zero-order valence-electron chi connectivity index (χ0n) is 19.1. The van der Waals surface area contributed by atoms with Gasteiger partial charge in [0.1, 0.15) is 12.3 Å². The van der Waals surface area contributed by atoms with Crippen LogP contribution in [-0.4, -0.2) is 71.8 Å². The highest BCUT2D eigenvalue weighted by atomic mass is 16.5. The predicted octanol–water partition coefficient (Wildman–Crippen LogP) is 2.18. The van der Waals surface area contributed by atoms with Crippen molar-refractivity contribution in [3.8, 4) is 17.6 Å². The predicted molar refractivity (Wildman–Crippen MR) is 125 cm³/mol. The van der Waals surface area contributed by atoms with Crippen LogP contribution < -0.4 is 10.1 Å². The maximum atomic E-state index is 12.7. The summed E-state index contributed by atoms with van der Waals surface area (Å²) in [6, 6.07) is 14.8. The van der Waals surface area contributed by atoms with Crippen molar-refractivity contribution >= 4 is 11.9 Å². The summed E-state index contributed by atoms with van der Waals surface area (Å²) in [5.41, 5.74) is 2.81. The van der Waals surface area contributed by atoms with Crippen LogP contribution in [-0.2, 0) is 4.79 Å². The summed E-state index contributed by atoms with van der Waals surface area (Å²) in [6.45, 7) is 4.17. The van der Waals surface area contributed by atoms with E-state index in [0.29, 0.717) is 6.54 Å². The Morgan fingerprint density at radius 1 is 1.12 bits per heavy atom. The van der Waals surface area contributed by atoms with Gasteiger partial charge in [0.15, 0.2) is 0 Å². The molecular weight excluding hydrogens is 418 g/mol. The number of nitrogens with zero attached hydrogens (tertiary/aromatic N) is 2. The number of fused-ring (bicyclic) bond motifs is 1. The van der Waals surface area contributed by atoms with E-state index in [2.05, 4.69) is 17.2 Å². The molecule has 0 bridgehead atoms. The lowest BCUT2D eigenvalue weighted by Gasteiger charge is -2.58. The summed E-state index contributed by atoms with van der Waals surface area (Å²) in [5, 5.41) is 12.8. The molecule has 172 valence electrons. The molecular formula is C26H29N3O4. The van der Waals surface area contributed by atoms with E-state index in [0.717, 1.165) is 22.4 Å². The Morgan fingerprint density at radius 3 is 2.27 bits per heavy atom. The number of rotatable bonds is 4. The van der Waals surface area contributed by atoms with Crippen molar-refractivity contribution in [1.82, 2.24) is 15.1 Å². The second-order valence-corrected chi connectivity index (χ2v) is 8.73. The van der Waals surface area contributed by atoms with E-state index >= 15 is 0 Å². The van der Waals surface area contributed by atoms with E-state index in [4.69, 9.17) is 4.74 Å². The minimum atomic E-state index is -0.269. The summed E-state index contributed by atoms with van der Waals surface area (Å²) in [4.78, 5) is 28.5. The first-order chi connectivity index (χ1) is 15.9. The van der Waals surface area contributed by atoms with Gasteiger partial charge in [-0.15, -0.1) is 0 Å². The minimum Gasteiger partial charge on any atom is -0.497 e. The molecule has 2 aromatic rings. The number of nitrogens with one attached hydrogen (secondary N) is 1. The third kappa shape index (κ3) is 4.67. The first-order valence-corrected chi connectivity index (χ1v) is 11.1. The van der Waals surface area contributed by atoms with Crippen LogP contribution >= 0.6 is 0 Å². The number of aliphatic hydroxyl groups is 1. The van der Waals surface area contributed by atoms with Crippen LogP contribution in [0.5, 0.6) is 5.75 Å². The molecule has 33 heavy (non-hydrogen) atoms. The highest BCUT2D eigenvalue weighted by molar-refractivity contribution is 5.87. The van der Waals surface area contributed by atoms with Gasteiger partial charge in [0, 0.05) is 29.6 Å². The normalized spacial score (nSPS) is 21.6. The molecule has 3 amide bonds. The van der Waals surface area contributed by atoms with Crippen LogP contribution in [0.1, 0.15) is 36.5 Å². The molecule has 2 fully saturated rings. The maximum absolute atomic E-state index is 12.7. The molecule has 7 heteroatoms. The van der Waals surface area contributed by atoms with Gasteiger partial charge in [-0.05, 0) is 55.8 Å². The summed E-state index contributed by atoms with van der Waals surface area (Å²) in [6.07, 6.45) is 0. The van der Waals surface area contributed by atoms with Gasteiger partial charge < -0.3 is 25.0 Å². The number of carbonyl (C=O) groups is 2. The van der Waals surface area contributed by atoms with E-state index in [-0.39, 0.29) is 49.1 Å². The van der Waals surface area contributed by atoms with Crippen molar-refractivity contribution in [2.45, 2.75) is 37.9 Å². The Labute approximate surface area is 194 Å². The zero-order valence-corrected chi connectivity index (χ0v) is 19.1. The number of urea groups is 1. The quantitative estimate of drug-likeness (QED) is 0.704. The van der Waals surface area contributed by atoms with Gasteiger partial charge in [-0.25, -0.2) is 4.79 Å². The Hall–Kier alpha value is -3.50. The second-order valence-electron chi connectivity index (χ2n) is 8.73. The third-order valence-corrected chi connectivity index (χ3v) is 6.19. The SMILES string of the molecule is COc1ccc(C#Cc2ccc([C@H]3[C@H]4CN(C(=O)NC(C)C)CC(=O)N4[C@H]3CO)cc2)cc1. The van der Waals surface area contributed by atoms with Crippen molar-refractivity contribution in [1.29, 1.82) is 0 Å². The fourth-order valence-electron chi connectivity index (χ4n) is 4.60. The lowest BCUT2D eigenvalue weighted by atomic mass is 9.73. The Balaban J connectivity index is 1.49. The molecule has 0 saturated carbocycles. The Morgan fingerprint density at radius 2 is 1.73 bits per heavy atom. The Kier molecular flexibility index (Phi) is 6.57. The molecule has 0 aliphatic carbocycles. The van der Waals surface area contributed by atoms with Gasteiger partial charge in [0.05, 0.1) is 25.8 Å². The smallest absolute Gasteiger partial charge is 0.318 e. The number of hydrogen-bond acceptors (Lipinski definition) is 4. The third-order valence-electron chi connectivity index (χ3n) is 6.19. The molecule has 4 rings (SSSR count). The molecule has 0 spiro atoms. The maximum Gasteiger partial charge on any atom is 0.318 e. The monoisotopic (exact) mass is 447 g/mol. The first-order valence-electron chi connectivity index (χ1n) is 11.1. The molecule has 2 N–H and O–H groups in total. The first kappa shape index (κ1) is 22.7. The fraction of sp³-hybridized carbons (Fsp3) is 0.385. The molecule has 0 aromatic heterocycles. The molecule has 7 nitrogen and oxygen atoms in total. The van der Waals surface area contributed by atoms with Crippen molar-refractivity contribution < 1.29 is 19.4 Å². The second kappa shape index (κ2) is 9.55. The van der Waals surface area contributed by atoms with Crippen molar-refractivity contribution in [2.75, 3.05) is 26.8 Å². The number of methoxy groups -OCH3 is 1. The van der Waals surface area contributed by atoms with E-state index in [9.17, 15) is 14.7 Å². The summed E-state index contributed by atoms with van der Waals surface area (Å²) in [5.74, 6) is 6.95. The van der Waals surface area contributed by atoms with Crippen molar-refractivity contribution in [3.63, 3.8) is 0 Å². The van der Waals surface area contributed by atoms with Gasteiger partial charge >= 0.3 is 6.03 Å². The molecule has 2 saturated heterocycles. The minimum absolute atomic E-state index is 0.000391. The topological polar surface area (TPSA) is 82.1 Å². The number of benzene rings is 2. The zero-order chi connectivity index (χ0) is 23.5. The number of hydrogen-bond donors (Lipinski definition) is 2. The standard InChI is InChI=1S/C26H29N3O4/c1-17(2)27-26(32)28-14-22-25(23(16-30)29(22)24(31)15-28)20-10-6-18(7-11-20)4-5-19-8-12-21(33-3)13-9-19/h6-13,17,22-23,25,30H,14-16H2,1-3H3,(H,27,32)/t22-,23+,25+/m1/s1. The van der Waals surface area contributed by atoms with Crippen LogP contribution in [0.4, 0.5) is 4.79 Å². The number of piperazine rings is 1. The fourth-order valence-corrected chi connectivity index (χ4v) is 4.60. The highest BCUT2D eigenvalue weighted by Gasteiger charge is 2.54. The number of carbonyl (C=O) groups excluding carboxylic acids is 2. The van der Waals surface area contributed by atoms with E-state index in [1.807, 2.05) is 62.4 Å². The van der Waals surface area contributed by atoms with Crippen LogP contribution in [0.2, 0.25) is 0 Å². The lowest BCUT2D eigenvalue weighted by molar-refractivity contribution is -0.159. The van der Waals surface area contributed by atoms with Gasteiger partial charge in [-0.1, -0.05) is 24.0 Å². The molecule has 2 aliphatic rings. The van der Waals surface area contributed by atoms with Gasteiger partial charge in [0.25, 0.3) is 0 Å². The average molecular weight is 448 g/mol. The molecule has 3 atom stereocenters. The van der Waals surface area contributed by atoms with Gasteiger partial charge in [0.2, 0.25) is 5.91 Å². The van der Waals surface area contributed by atoms with Crippen molar-refractivity contribution in [3.05, 3.63) is 65.2 Å². The number of aliphatic hydroxyl groups excluding tert-OH is 1. The lowest BCUT2D eigenvalue weighted by Crippen LogP contribution is -2.74. The largest absolute Gasteiger partial charge is 0.497 e. The summed E-state index contributed by atoms with van der Waals surface area (Å²) < 4.78 is 5.17. The van der Waals surface area contributed by atoms with Crippen LogP contribution in [0.25, 0.3) is 0 Å². The highest BCUT2D eigenvalue weighted by Crippen LogP contribution is 2.42.